The van der Waals surface area contributed by atoms with Crippen molar-refractivity contribution in [2.24, 2.45) is 17.3 Å². The van der Waals surface area contributed by atoms with Crippen LogP contribution in [0.1, 0.15) is 52.9 Å². The SMILES string of the molecule is CC(C)CCC(C)NC(=O)C1CC12CCNCC2. The predicted molar refractivity (Wildman–Crippen MR) is 74.3 cm³/mol. The Morgan fingerprint density at radius 3 is 2.56 bits per heavy atom. The van der Waals surface area contributed by atoms with E-state index in [-0.39, 0.29) is 0 Å². The number of hydrogen-bond acceptors (Lipinski definition) is 2. The fourth-order valence-electron chi connectivity index (χ4n) is 3.19. The van der Waals surface area contributed by atoms with Gasteiger partial charge in [0.1, 0.15) is 0 Å². The van der Waals surface area contributed by atoms with Gasteiger partial charge < -0.3 is 10.6 Å². The number of carbonyl (C=O) groups excluding carboxylic acids is 1. The minimum absolute atomic E-state index is 0.307. The molecule has 1 heterocycles. The summed E-state index contributed by atoms with van der Waals surface area (Å²) in [6.07, 6.45) is 5.79. The van der Waals surface area contributed by atoms with Gasteiger partial charge in [-0.15, -0.1) is 0 Å². The summed E-state index contributed by atoms with van der Waals surface area (Å²) in [7, 11) is 0. The third kappa shape index (κ3) is 3.25. The van der Waals surface area contributed by atoms with Gasteiger partial charge in [0.15, 0.2) is 0 Å². The van der Waals surface area contributed by atoms with E-state index in [0.29, 0.717) is 23.3 Å². The molecule has 3 heteroatoms. The molecule has 2 rings (SSSR count). The molecule has 2 N–H and O–H groups in total. The van der Waals surface area contributed by atoms with Crippen molar-refractivity contribution in [1.29, 1.82) is 0 Å². The van der Waals surface area contributed by atoms with Crippen LogP contribution in [0, 0.1) is 17.3 Å². The lowest BCUT2D eigenvalue weighted by atomic mass is 9.91. The van der Waals surface area contributed by atoms with Crippen LogP contribution in [0.2, 0.25) is 0 Å². The lowest BCUT2D eigenvalue weighted by Gasteiger charge is -2.24. The maximum Gasteiger partial charge on any atom is 0.223 e. The highest BCUT2D eigenvalue weighted by molar-refractivity contribution is 5.82. The van der Waals surface area contributed by atoms with Gasteiger partial charge in [0.05, 0.1) is 0 Å². The quantitative estimate of drug-likeness (QED) is 0.788. The summed E-state index contributed by atoms with van der Waals surface area (Å²) in [5.74, 6) is 1.34. The van der Waals surface area contributed by atoms with Crippen LogP contribution in [-0.2, 0) is 4.79 Å². The lowest BCUT2D eigenvalue weighted by molar-refractivity contribution is -0.123. The van der Waals surface area contributed by atoms with Gasteiger partial charge in [-0.1, -0.05) is 13.8 Å². The van der Waals surface area contributed by atoms with Crippen LogP contribution in [0.3, 0.4) is 0 Å². The molecule has 1 saturated carbocycles. The molecule has 3 nitrogen and oxygen atoms in total. The maximum atomic E-state index is 12.2. The van der Waals surface area contributed by atoms with Crippen LogP contribution in [0.25, 0.3) is 0 Å². The van der Waals surface area contributed by atoms with Crippen LogP contribution in [-0.4, -0.2) is 25.0 Å². The number of hydrogen-bond donors (Lipinski definition) is 2. The summed E-state index contributed by atoms with van der Waals surface area (Å²) >= 11 is 0. The van der Waals surface area contributed by atoms with Gasteiger partial charge in [-0.25, -0.2) is 0 Å². The number of piperidine rings is 1. The van der Waals surface area contributed by atoms with Crippen LogP contribution >= 0.6 is 0 Å². The maximum absolute atomic E-state index is 12.2. The minimum atomic E-state index is 0.307. The van der Waals surface area contributed by atoms with E-state index in [9.17, 15) is 4.79 Å². The standard InChI is InChI=1S/C15H28N2O/c1-11(2)4-5-12(3)17-14(18)13-10-15(13)6-8-16-9-7-15/h11-13,16H,4-10H2,1-3H3,(H,17,18). The Bertz CT molecular complexity index is 295. The van der Waals surface area contributed by atoms with Gasteiger partial charge in [0, 0.05) is 12.0 Å². The van der Waals surface area contributed by atoms with E-state index in [1.807, 2.05) is 0 Å². The average Bonchev–Trinajstić information content (AvgIpc) is 3.01. The number of nitrogens with one attached hydrogen (secondary N) is 2. The molecule has 0 bridgehead atoms. The summed E-state index contributed by atoms with van der Waals surface area (Å²) in [6, 6.07) is 0.333. The zero-order chi connectivity index (χ0) is 13.2. The molecule has 18 heavy (non-hydrogen) atoms. The summed E-state index contributed by atoms with van der Waals surface area (Å²) in [6.45, 7) is 8.79. The van der Waals surface area contributed by atoms with E-state index in [2.05, 4.69) is 31.4 Å². The van der Waals surface area contributed by atoms with E-state index in [0.717, 1.165) is 31.8 Å². The van der Waals surface area contributed by atoms with E-state index < -0.39 is 0 Å². The summed E-state index contributed by atoms with van der Waals surface area (Å²) in [5, 5.41) is 6.59. The Labute approximate surface area is 111 Å². The largest absolute Gasteiger partial charge is 0.353 e. The fourth-order valence-corrected chi connectivity index (χ4v) is 3.19. The van der Waals surface area contributed by atoms with Gasteiger partial charge in [-0.05, 0) is 63.5 Å². The Kier molecular flexibility index (Phi) is 4.31. The molecule has 2 unspecified atom stereocenters. The molecule has 1 saturated heterocycles. The summed E-state index contributed by atoms with van der Waals surface area (Å²) in [5.41, 5.74) is 0.368. The molecule has 2 atom stereocenters. The van der Waals surface area contributed by atoms with Crippen LogP contribution in [0.15, 0.2) is 0 Å². The van der Waals surface area contributed by atoms with Crippen molar-refractivity contribution < 1.29 is 4.79 Å². The van der Waals surface area contributed by atoms with Gasteiger partial charge in [-0.2, -0.15) is 0 Å². The Hall–Kier alpha value is -0.570. The highest BCUT2D eigenvalue weighted by Gasteiger charge is 2.57. The van der Waals surface area contributed by atoms with Crippen molar-refractivity contribution in [2.45, 2.75) is 58.9 Å². The first kappa shape index (κ1) is 13.9. The molecule has 1 amide bonds. The van der Waals surface area contributed by atoms with Gasteiger partial charge in [0.2, 0.25) is 5.91 Å². The van der Waals surface area contributed by atoms with Gasteiger partial charge in [0.25, 0.3) is 0 Å². The summed E-state index contributed by atoms with van der Waals surface area (Å²) in [4.78, 5) is 12.2. The molecular formula is C15H28N2O. The molecule has 1 spiro atoms. The van der Waals surface area contributed by atoms with Crippen LogP contribution in [0.4, 0.5) is 0 Å². The molecule has 1 aliphatic carbocycles. The van der Waals surface area contributed by atoms with E-state index in [4.69, 9.17) is 0 Å². The molecule has 0 aromatic rings. The molecule has 0 aromatic heterocycles. The van der Waals surface area contributed by atoms with Gasteiger partial charge in [-0.3, -0.25) is 4.79 Å². The Morgan fingerprint density at radius 1 is 1.28 bits per heavy atom. The first-order valence-electron chi connectivity index (χ1n) is 7.54. The molecular weight excluding hydrogens is 224 g/mol. The third-order valence-corrected chi connectivity index (χ3v) is 4.67. The molecule has 1 aliphatic heterocycles. The second kappa shape index (κ2) is 5.60. The average molecular weight is 252 g/mol. The fraction of sp³-hybridized carbons (Fsp3) is 0.933. The Balaban J connectivity index is 1.72. The molecule has 0 aromatic carbocycles. The first-order valence-corrected chi connectivity index (χ1v) is 7.54. The molecule has 2 aliphatic rings. The van der Waals surface area contributed by atoms with E-state index >= 15 is 0 Å². The summed E-state index contributed by atoms with van der Waals surface area (Å²) < 4.78 is 0. The van der Waals surface area contributed by atoms with Crippen molar-refractivity contribution in [3.63, 3.8) is 0 Å². The molecule has 0 radical (unpaired) electrons. The number of amides is 1. The van der Waals surface area contributed by atoms with Gasteiger partial charge >= 0.3 is 0 Å². The monoisotopic (exact) mass is 252 g/mol. The highest BCUT2D eigenvalue weighted by atomic mass is 16.2. The van der Waals surface area contributed by atoms with Crippen LogP contribution in [0.5, 0.6) is 0 Å². The minimum Gasteiger partial charge on any atom is -0.353 e. The zero-order valence-electron chi connectivity index (χ0n) is 12.1. The van der Waals surface area contributed by atoms with Crippen molar-refractivity contribution >= 4 is 5.91 Å². The third-order valence-electron chi connectivity index (χ3n) is 4.67. The molecule has 104 valence electrons. The van der Waals surface area contributed by atoms with Crippen LogP contribution < -0.4 is 10.6 Å². The highest BCUT2D eigenvalue weighted by Crippen LogP contribution is 2.58. The smallest absolute Gasteiger partial charge is 0.223 e. The van der Waals surface area contributed by atoms with Crippen molar-refractivity contribution in [1.82, 2.24) is 10.6 Å². The number of rotatable bonds is 5. The topological polar surface area (TPSA) is 41.1 Å². The predicted octanol–water partition coefficient (Wildman–Crippen LogP) is 2.32. The lowest BCUT2D eigenvalue weighted by Crippen LogP contribution is -2.37. The second-order valence-electron chi connectivity index (χ2n) is 6.75. The second-order valence-corrected chi connectivity index (χ2v) is 6.75. The van der Waals surface area contributed by atoms with Crippen molar-refractivity contribution in [3.8, 4) is 0 Å². The zero-order valence-corrected chi connectivity index (χ0v) is 12.1. The first-order chi connectivity index (χ1) is 8.53. The van der Waals surface area contributed by atoms with Crippen molar-refractivity contribution in [3.05, 3.63) is 0 Å². The molecule has 2 fully saturated rings. The normalized spacial score (nSPS) is 27.2. The van der Waals surface area contributed by atoms with E-state index in [1.165, 1.54) is 19.3 Å². The van der Waals surface area contributed by atoms with E-state index in [1.54, 1.807) is 0 Å². The van der Waals surface area contributed by atoms with Crippen molar-refractivity contribution in [2.75, 3.05) is 13.1 Å². The Morgan fingerprint density at radius 2 is 1.94 bits per heavy atom. The number of carbonyl (C=O) groups is 1.